The number of nitrogens with one attached hydrogen (secondary N) is 1. The van der Waals surface area contributed by atoms with Crippen LogP contribution in [-0.4, -0.2) is 42.6 Å². The third-order valence-electron chi connectivity index (χ3n) is 6.92. The van der Waals surface area contributed by atoms with Gasteiger partial charge < -0.3 is 19.7 Å². The molecule has 0 unspecified atom stereocenters. The number of aromatic nitrogens is 1. The highest BCUT2D eigenvalue weighted by atomic mass is 19.1. The van der Waals surface area contributed by atoms with Crippen LogP contribution in [0.2, 0.25) is 0 Å². The highest BCUT2D eigenvalue weighted by Crippen LogP contribution is 2.36. The number of hydrogen-bond donors (Lipinski definition) is 1. The van der Waals surface area contributed by atoms with Crippen LogP contribution in [0.3, 0.4) is 0 Å². The van der Waals surface area contributed by atoms with Crippen molar-refractivity contribution in [2.75, 3.05) is 37.4 Å². The van der Waals surface area contributed by atoms with Crippen LogP contribution in [0.15, 0.2) is 65.5 Å². The van der Waals surface area contributed by atoms with Gasteiger partial charge in [-0.3, -0.25) is 9.59 Å². The Morgan fingerprint density at radius 1 is 1.00 bits per heavy atom. The summed E-state index contributed by atoms with van der Waals surface area (Å²) in [4.78, 5) is 30.1. The topological polar surface area (TPSA) is 57.6 Å². The molecule has 2 bridgehead atoms. The number of hydrogen-bond acceptors (Lipinski definition) is 4. The summed E-state index contributed by atoms with van der Waals surface area (Å²) in [5, 5.41) is 3.30. The van der Waals surface area contributed by atoms with E-state index in [1.807, 2.05) is 35.7 Å². The fourth-order valence-electron chi connectivity index (χ4n) is 5.13. The molecule has 2 aliphatic rings. The molecule has 1 aromatic heterocycles. The fourth-order valence-corrected chi connectivity index (χ4v) is 5.13. The zero-order chi connectivity index (χ0) is 23.8. The number of anilines is 2. The Labute approximate surface area is 198 Å². The maximum absolute atomic E-state index is 13.3. The molecule has 1 amide bonds. The molecular weight excluding hydrogens is 431 g/mol. The number of benzene rings is 2. The van der Waals surface area contributed by atoms with Crippen LogP contribution < -0.4 is 15.8 Å². The van der Waals surface area contributed by atoms with Crippen LogP contribution in [0.4, 0.5) is 15.8 Å². The number of halogens is 1. The van der Waals surface area contributed by atoms with Gasteiger partial charge in [-0.05, 0) is 66.4 Å². The normalized spacial score (nSPS) is 18.9. The minimum absolute atomic E-state index is 0.00424. The Hall–Kier alpha value is -3.61. The van der Waals surface area contributed by atoms with Crippen molar-refractivity contribution in [3.63, 3.8) is 0 Å². The molecule has 0 radical (unpaired) electrons. The minimum atomic E-state index is -0.352. The van der Waals surface area contributed by atoms with E-state index in [9.17, 15) is 14.0 Å². The monoisotopic (exact) mass is 460 g/mol. The summed E-state index contributed by atoms with van der Waals surface area (Å²) in [6.45, 7) is 2.35. The molecule has 2 atom stereocenters. The largest absolute Gasteiger partial charge is 0.378 e. The van der Waals surface area contributed by atoms with Crippen molar-refractivity contribution in [2.45, 2.75) is 25.4 Å². The Morgan fingerprint density at radius 3 is 2.44 bits per heavy atom. The molecule has 0 aliphatic carbocycles. The Bertz CT molecular complexity index is 1250. The van der Waals surface area contributed by atoms with E-state index >= 15 is 0 Å². The van der Waals surface area contributed by atoms with E-state index in [1.54, 1.807) is 0 Å². The zero-order valence-electron chi connectivity index (χ0n) is 19.5. The molecule has 2 aromatic carbocycles. The van der Waals surface area contributed by atoms with Gasteiger partial charge in [-0.15, -0.1) is 0 Å². The lowest BCUT2D eigenvalue weighted by Gasteiger charge is -2.43. The second-order valence-corrected chi connectivity index (χ2v) is 9.52. The van der Waals surface area contributed by atoms with Gasteiger partial charge in [0.2, 0.25) is 0 Å². The molecule has 1 saturated heterocycles. The molecule has 0 saturated carbocycles. The first-order chi connectivity index (χ1) is 16.4. The second-order valence-electron chi connectivity index (χ2n) is 9.52. The summed E-state index contributed by atoms with van der Waals surface area (Å²) >= 11 is 0. The first kappa shape index (κ1) is 22.2. The number of amides is 1. The number of likely N-dealkylation sites (tertiary alicyclic amines) is 1. The molecule has 34 heavy (non-hydrogen) atoms. The maximum Gasteiger partial charge on any atom is 0.274 e. The summed E-state index contributed by atoms with van der Waals surface area (Å²) in [5.74, 6) is -0.0844. The number of nitrogens with zero attached hydrogens (tertiary/aromatic N) is 3. The predicted molar refractivity (Wildman–Crippen MR) is 132 cm³/mol. The van der Waals surface area contributed by atoms with Gasteiger partial charge in [-0.1, -0.05) is 12.1 Å². The predicted octanol–water partition coefficient (Wildman–Crippen LogP) is 3.93. The number of carbonyl (C=O) groups excluding carboxylic acids is 1. The van der Waals surface area contributed by atoms with E-state index in [4.69, 9.17) is 0 Å². The number of rotatable bonds is 5. The zero-order valence-corrected chi connectivity index (χ0v) is 19.5. The van der Waals surface area contributed by atoms with Gasteiger partial charge in [-0.25, -0.2) is 4.39 Å². The molecule has 3 aromatic rings. The molecule has 2 aliphatic heterocycles. The Balaban J connectivity index is 1.31. The SMILES string of the molecule is CN(C)c1ccc(CNc2ccc3n(c2=O)C[C@H]2C[C@@H]3CN(C(=O)c3ccc(F)cc3)C2)cc1. The van der Waals surface area contributed by atoms with E-state index in [-0.39, 0.29) is 29.1 Å². The van der Waals surface area contributed by atoms with Crippen molar-refractivity contribution < 1.29 is 9.18 Å². The Morgan fingerprint density at radius 2 is 1.74 bits per heavy atom. The average Bonchev–Trinajstić information content (AvgIpc) is 2.84. The van der Waals surface area contributed by atoms with Gasteiger partial charge in [-0.2, -0.15) is 0 Å². The van der Waals surface area contributed by atoms with E-state index in [0.29, 0.717) is 37.4 Å². The summed E-state index contributed by atoms with van der Waals surface area (Å²) in [6, 6.07) is 17.8. The summed E-state index contributed by atoms with van der Waals surface area (Å²) in [6.07, 6.45) is 0.970. The average molecular weight is 461 g/mol. The lowest BCUT2D eigenvalue weighted by molar-refractivity contribution is 0.0594. The summed E-state index contributed by atoms with van der Waals surface area (Å²) in [5.41, 5.74) is 4.32. The molecular formula is C27H29FN4O2. The van der Waals surface area contributed by atoms with E-state index in [1.165, 1.54) is 24.3 Å². The van der Waals surface area contributed by atoms with Crippen LogP contribution in [0, 0.1) is 11.7 Å². The highest BCUT2D eigenvalue weighted by molar-refractivity contribution is 5.94. The van der Waals surface area contributed by atoms with Crippen molar-refractivity contribution in [3.05, 3.63) is 93.7 Å². The first-order valence-electron chi connectivity index (χ1n) is 11.7. The van der Waals surface area contributed by atoms with E-state index in [0.717, 1.165) is 23.4 Å². The smallest absolute Gasteiger partial charge is 0.274 e. The molecule has 6 nitrogen and oxygen atoms in total. The van der Waals surface area contributed by atoms with Crippen molar-refractivity contribution in [1.82, 2.24) is 9.47 Å². The third kappa shape index (κ3) is 4.30. The summed E-state index contributed by atoms with van der Waals surface area (Å²) in [7, 11) is 4.02. The molecule has 176 valence electrons. The molecule has 3 heterocycles. The van der Waals surface area contributed by atoms with Crippen molar-refractivity contribution in [3.8, 4) is 0 Å². The maximum atomic E-state index is 13.3. The fraction of sp³-hybridized carbons (Fsp3) is 0.333. The molecule has 7 heteroatoms. The first-order valence-corrected chi connectivity index (χ1v) is 11.7. The molecule has 0 spiro atoms. The number of pyridine rings is 1. The van der Waals surface area contributed by atoms with Crippen LogP contribution in [-0.2, 0) is 13.1 Å². The highest BCUT2D eigenvalue weighted by Gasteiger charge is 2.36. The second kappa shape index (κ2) is 8.97. The number of piperidine rings is 1. The van der Waals surface area contributed by atoms with E-state index < -0.39 is 0 Å². The van der Waals surface area contributed by atoms with Crippen LogP contribution in [0.25, 0.3) is 0 Å². The Kier molecular flexibility index (Phi) is 5.86. The third-order valence-corrected chi connectivity index (χ3v) is 6.92. The number of fused-ring (bicyclic) bond motifs is 4. The number of carbonyl (C=O) groups is 1. The quantitative estimate of drug-likeness (QED) is 0.627. The van der Waals surface area contributed by atoms with Crippen molar-refractivity contribution in [2.24, 2.45) is 5.92 Å². The minimum Gasteiger partial charge on any atom is -0.378 e. The van der Waals surface area contributed by atoms with Gasteiger partial charge in [0, 0.05) is 63.1 Å². The van der Waals surface area contributed by atoms with Crippen molar-refractivity contribution >= 4 is 17.3 Å². The van der Waals surface area contributed by atoms with Crippen molar-refractivity contribution in [1.29, 1.82) is 0 Å². The standard InChI is InChI=1S/C27H29FN4O2/c1-30(2)23-9-3-18(4-10-23)14-29-24-11-12-25-21-13-19(16-32(25)27(24)34)15-31(17-21)26(33)20-5-7-22(28)8-6-20/h3-12,19,21,29H,13-17H2,1-2H3/t19-,21+/m0/s1. The van der Waals surface area contributed by atoms with E-state index in [2.05, 4.69) is 34.5 Å². The summed E-state index contributed by atoms with van der Waals surface area (Å²) < 4.78 is 15.1. The van der Waals surface area contributed by atoms with Crippen LogP contribution in [0.5, 0.6) is 0 Å². The molecule has 5 rings (SSSR count). The molecule has 1 N–H and O–H groups in total. The lowest BCUT2D eigenvalue weighted by Crippen LogP contribution is -2.49. The van der Waals surface area contributed by atoms with Crippen LogP contribution in [0.1, 0.15) is 34.0 Å². The lowest BCUT2D eigenvalue weighted by atomic mass is 9.83. The van der Waals surface area contributed by atoms with Gasteiger partial charge in [0.25, 0.3) is 11.5 Å². The van der Waals surface area contributed by atoms with Gasteiger partial charge in [0.15, 0.2) is 0 Å². The van der Waals surface area contributed by atoms with Crippen LogP contribution >= 0.6 is 0 Å². The van der Waals surface area contributed by atoms with Gasteiger partial charge in [0.05, 0.1) is 0 Å². The van der Waals surface area contributed by atoms with Gasteiger partial charge >= 0.3 is 0 Å². The van der Waals surface area contributed by atoms with Gasteiger partial charge in [0.1, 0.15) is 11.5 Å². The molecule has 1 fully saturated rings.